The number of hydrogen-bond acceptors (Lipinski definition) is 2. The Hall–Kier alpha value is -2.36. The molecular formula is C16H16N2O2. The fourth-order valence-electron chi connectivity index (χ4n) is 2.88. The van der Waals surface area contributed by atoms with E-state index in [2.05, 4.69) is 0 Å². The van der Waals surface area contributed by atoms with Crippen LogP contribution in [-0.2, 0) is 12.8 Å². The van der Waals surface area contributed by atoms with Gasteiger partial charge in [-0.2, -0.15) is 0 Å². The second-order valence-corrected chi connectivity index (χ2v) is 5.09. The molecule has 20 heavy (non-hydrogen) atoms. The number of anilines is 1. The van der Waals surface area contributed by atoms with Gasteiger partial charge in [0.25, 0.3) is 0 Å². The fraction of sp³-hybridized carbons (Fsp3) is 0.250. The summed E-state index contributed by atoms with van der Waals surface area (Å²) in [6, 6.07) is 17.5. The Bertz CT molecular complexity index is 613. The molecule has 0 radical (unpaired) electrons. The minimum atomic E-state index is -0.272. The van der Waals surface area contributed by atoms with E-state index in [1.807, 2.05) is 54.6 Å². The van der Waals surface area contributed by atoms with Crippen LogP contribution >= 0.6 is 0 Å². The van der Waals surface area contributed by atoms with Gasteiger partial charge in [0.2, 0.25) is 0 Å². The van der Waals surface area contributed by atoms with Crippen LogP contribution in [0.4, 0.5) is 5.69 Å². The van der Waals surface area contributed by atoms with E-state index in [9.17, 15) is 10.1 Å². The molecule has 4 heteroatoms. The topological polar surface area (TPSA) is 46.4 Å². The van der Waals surface area contributed by atoms with Crippen molar-refractivity contribution in [2.75, 3.05) is 5.01 Å². The predicted molar refractivity (Wildman–Crippen MR) is 78.2 cm³/mol. The van der Waals surface area contributed by atoms with Crippen molar-refractivity contribution in [3.05, 3.63) is 75.8 Å². The molecule has 1 unspecified atom stereocenters. The summed E-state index contributed by atoms with van der Waals surface area (Å²) in [6.45, 7) is 0. The van der Waals surface area contributed by atoms with Crippen molar-refractivity contribution in [2.45, 2.75) is 25.3 Å². The van der Waals surface area contributed by atoms with Gasteiger partial charge in [0.1, 0.15) is 5.69 Å². The highest BCUT2D eigenvalue weighted by atomic mass is 16.7. The average molecular weight is 268 g/mol. The Labute approximate surface area is 117 Å². The van der Waals surface area contributed by atoms with Gasteiger partial charge in [-0.3, -0.25) is 0 Å². The van der Waals surface area contributed by atoms with E-state index < -0.39 is 0 Å². The summed E-state index contributed by atoms with van der Waals surface area (Å²) < 4.78 is 0. The molecule has 2 aromatic rings. The normalized spacial score (nSPS) is 17.6. The molecule has 0 spiro atoms. The lowest BCUT2D eigenvalue weighted by Crippen LogP contribution is -2.44. The minimum absolute atomic E-state index is 0.0812. The van der Waals surface area contributed by atoms with Gasteiger partial charge in [-0.15, -0.1) is 0 Å². The van der Waals surface area contributed by atoms with Crippen molar-refractivity contribution in [1.82, 2.24) is 0 Å². The molecule has 1 heterocycles. The molecule has 2 aromatic carbocycles. The monoisotopic (exact) mass is 268 g/mol. The standard InChI is InChI=1S/C16H16N2O2/c19-18(20)17-15(12-13-6-2-1-3-7-13)11-10-14-8-4-5-9-16(14)17/h1-9,15H,10-12H2. The van der Waals surface area contributed by atoms with Crippen molar-refractivity contribution >= 4 is 5.69 Å². The molecule has 0 aromatic heterocycles. The number of rotatable bonds is 3. The Kier molecular flexibility index (Phi) is 3.37. The Morgan fingerprint density at radius 3 is 2.55 bits per heavy atom. The Morgan fingerprint density at radius 1 is 1.10 bits per heavy atom. The van der Waals surface area contributed by atoms with E-state index in [1.54, 1.807) is 0 Å². The van der Waals surface area contributed by atoms with E-state index in [4.69, 9.17) is 0 Å². The van der Waals surface area contributed by atoms with Crippen LogP contribution in [0.3, 0.4) is 0 Å². The molecule has 0 saturated carbocycles. The van der Waals surface area contributed by atoms with E-state index in [-0.39, 0.29) is 11.1 Å². The SMILES string of the molecule is O=[N+]([O-])N1c2ccccc2CCC1Cc1ccccc1. The third kappa shape index (κ3) is 2.37. The summed E-state index contributed by atoms with van der Waals surface area (Å²) in [4.78, 5) is 11.4. The maximum absolute atomic E-state index is 11.4. The van der Waals surface area contributed by atoms with Crippen molar-refractivity contribution in [1.29, 1.82) is 0 Å². The molecule has 0 saturated heterocycles. The summed E-state index contributed by atoms with van der Waals surface area (Å²) in [5.41, 5.74) is 2.95. The zero-order valence-electron chi connectivity index (χ0n) is 11.1. The molecule has 1 aliphatic rings. The second-order valence-electron chi connectivity index (χ2n) is 5.09. The molecular weight excluding hydrogens is 252 g/mol. The van der Waals surface area contributed by atoms with Crippen LogP contribution in [-0.4, -0.2) is 11.1 Å². The number of aryl methyl sites for hydroxylation is 1. The summed E-state index contributed by atoms with van der Waals surface area (Å²) in [7, 11) is 0. The molecule has 0 amide bonds. The smallest absolute Gasteiger partial charge is 0.165 e. The molecule has 102 valence electrons. The number of para-hydroxylation sites is 1. The van der Waals surface area contributed by atoms with Crippen molar-refractivity contribution in [3.63, 3.8) is 0 Å². The van der Waals surface area contributed by atoms with Crippen molar-refractivity contribution in [2.24, 2.45) is 0 Å². The number of nitro groups is 1. The van der Waals surface area contributed by atoms with Gasteiger partial charge < -0.3 is 0 Å². The van der Waals surface area contributed by atoms with Gasteiger partial charge in [0.05, 0.1) is 6.04 Å². The first kappa shape index (κ1) is 12.7. The van der Waals surface area contributed by atoms with Gasteiger partial charge in [0, 0.05) is 0 Å². The van der Waals surface area contributed by atoms with Crippen molar-refractivity contribution < 1.29 is 5.03 Å². The lowest BCUT2D eigenvalue weighted by Gasteiger charge is -2.30. The molecule has 0 bridgehead atoms. The van der Waals surface area contributed by atoms with Gasteiger partial charge in [-0.1, -0.05) is 53.5 Å². The van der Waals surface area contributed by atoms with Crippen LogP contribution < -0.4 is 5.01 Å². The maximum atomic E-state index is 11.4. The Morgan fingerprint density at radius 2 is 1.80 bits per heavy atom. The molecule has 4 nitrogen and oxygen atoms in total. The predicted octanol–water partition coefficient (Wildman–Crippen LogP) is 3.24. The first-order valence-electron chi connectivity index (χ1n) is 6.81. The highest BCUT2D eigenvalue weighted by Crippen LogP contribution is 2.31. The Balaban J connectivity index is 1.91. The minimum Gasteiger partial charge on any atom is -0.234 e. The van der Waals surface area contributed by atoms with Crippen LogP contribution in [0, 0.1) is 10.1 Å². The molecule has 1 atom stereocenters. The van der Waals surface area contributed by atoms with E-state index in [1.165, 1.54) is 5.01 Å². The van der Waals surface area contributed by atoms with Crippen LogP contribution in [0.1, 0.15) is 17.5 Å². The lowest BCUT2D eigenvalue weighted by molar-refractivity contribution is -0.501. The van der Waals surface area contributed by atoms with Crippen LogP contribution in [0.25, 0.3) is 0 Å². The fourth-order valence-corrected chi connectivity index (χ4v) is 2.88. The van der Waals surface area contributed by atoms with Gasteiger partial charge >= 0.3 is 0 Å². The van der Waals surface area contributed by atoms with Gasteiger partial charge in [-0.25, -0.2) is 10.1 Å². The van der Waals surface area contributed by atoms with E-state index in [0.717, 1.165) is 29.7 Å². The van der Waals surface area contributed by atoms with Crippen LogP contribution in [0.2, 0.25) is 0 Å². The largest absolute Gasteiger partial charge is 0.234 e. The summed E-state index contributed by atoms with van der Waals surface area (Å²) in [6.07, 6.45) is 2.42. The maximum Gasteiger partial charge on any atom is 0.165 e. The number of hydrazine groups is 1. The second kappa shape index (κ2) is 5.33. The molecule has 0 fully saturated rings. The summed E-state index contributed by atoms with van der Waals surface area (Å²) in [5, 5.41) is 12.5. The first-order chi connectivity index (χ1) is 9.75. The highest BCUT2D eigenvalue weighted by Gasteiger charge is 2.34. The number of hydrogen-bond donors (Lipinski definition) is 0. The van der Waals surface area contributed by atoms with Gasteiger partial charge in [0.15, 0.2) is 5.03 Å². The third-order valence-electron chi connectivity index (χ3n) is 3.82. The molecule has 1 aliphatic heterocycles. The summed E-state index contributed by atoms with van der Waals surface area (Å²) in [5.74, 6) is 0. The van der Waals surface area contributed by atoms with Crippen LogP contribution in [0.15, 0.2) is 54.6 Å². The zero-order chi connectivity index (χ0) is 13.9. The lowest BCUT2D eigenvalue weighted by atomic mass is 9.93. The van der Waals surface area contributed by atoms with Gasteiger partial charge in [-0.05, 0) is 36.5 Å². The van der Waals surface area contributed by atoms with E-state index >= 15 is 0 Å². The zero-order valence-corrected chi connectivity index (χ0v) is 11.1. The first-order valence-corrected chi connectivity index (χ1v) is 6.81. The average Bonchev–Trinajstić information content (AvgIpc) is 2.47. The number of nitrogens with zero attached hydrogens (tertiary/aromatic N) is 2. The molecule has 0 aliphatic carbocycles. The quantitative estimate of drug-likeness (QED) is 0.634. The number of fused-ring (bicyclic) bond motifs is 1. The molecule has 0 N–H and O–H groups in total. The van der Waals surface area contributed by atoms with E-state index in [0.29, 0.717) is 6.42 Å². The van der Waals surface area contributed by atoms with Crippen LogP contribution in [0.5, 0.6) is 0 Å². The third-order valence-corrected chi connectivity index (χ3v) is 3.82. The van der Waals surface area contributed by atoms with Crippen molar-refractivity contribution in [3.8, 4) is 0 Å². The summed E-state index contributed by atoms with van der Waals surface area (Å²) >= 11 is 0. The highest BCUT2D eigenvalue weighted by molar-refractivity contribution is 5.54. The molecule has 3 rings (SSSR count). The number of benzene rings is 2.